The van der Waals surface area contributed by atoms with E-state index in [0.29, 0.717) is 0 Å². The van der Waals surface area contributed by atoms with Crippen LogP contribution in [-0.4, -0.2) is 4.98 Å². The van der Waals surface area contributed by atoms with Crippen LogP contribution < -0.4 is 5.32 Å². The summed E-state index contributed by atoms with van der Waals surface area (Å²) in [6.07, 6.45) is 0. The molecule has 0 aliphatic carbocycles. The first-order valence-electron chi connectivity index (χ1n) is 6.99. The Morgan fingerprint density at radius 3 is 2.33 bits per heavy atom. The summed E-state index contributed by atoms with van der Waals surface area (Å²) in [6, 6.07) is 14.8. The van der Waals surface area contributed by atoms with E-state index in [1.807, 2.05) is 0 Å². The van der Waals surface area contributed by atoms with E-state index in [9.17, 15) is 0 Å². The van der Waals surface area contributed by atoms with Crippen molar-refractivity contribution in [3.63, 3.8) is 0 Å². The van der Waals surface area contributed by atoms with E-state index < -0.39 is 0 Å². The molecule has 0 atom stereocenters. The van der Waals surface area contributed by atoms with Crippen molar-refractivity contribution in [1.82, 2.24) is 4.98 Å². The Hall–Kier alpha value is -2.13. The lowest BCUT2D eigenvalue weighted by Gasteiger charge is -2.04. The van der Waals surface area contributed by atoms with Gasteiger partial charge in [-0.1, -0.05) is 41.5 Å². The van der Waals surface area contributed by atoms with Crippen LogP contribution in [0.5, 0.6) is 0 Å². The van der Waals surface area contributed by atoms with Gasteiger partial charge in [-0.05, 0) is 38.5 Å². The molecule has 106 valence electrons. The zero-order valence-corrected chi connectivity index (χ0v) is 13.3. The van der Waals surface area contributed by atoms with Gasteiger partial charge >= 0.3 is 0 Å². The molecule has 0 saturated carbocycles. The van der Waals surface area contributed by atoms with Crippen molar-refractivity contribution in [2.24, 2.45) is 0 Å². The third kappa shape index (κ3) is 3.14. The van der Waals surface area contributed by atoms with Crippen molar-refractivity contribution in [3.05, 3.63) is 64.5 Å². The number of hydrogen-bond acceptors (Lipinski definition) is 3. The molecule has 2 aromatic carbocycles. The Balaban J connectivity index is 1.84. The number of hydrogen-bond donors (Lipinski definition) is 1. The topological polar surface area (TPSA) is 24.9 Å². The van der Waals surface area contributed by atoms with Crippen molar-refractivity contribution in [2.45, 2.75) is 20.8 Å². The van der Waals surface area contributed by atoms with E-state index in [4.69, 9.17) is 4.98 Å². The van der Waals surface area contributed by atoms with Gasteiger partial charge in [0.25, 0.3) is 0 Å². The summed E-state index contributed by atoms with van der Waals surface area (Å²) >= 11 is 1.63. The van der Waals surface area contributed by atoms with Gasteiger partial charge in [0.15, 0.2) is 5.13 Å². The number of thiazole rings is 1. The molecule has 0 unspecified atom stereocenters. The first-order valence-corrected chi connectivity index (χ1v) is 7.86. The summed E-state index contributed by atoms with van der Waals surface area (Å²) < 4.78 is 0. The Labute approximate surface area is 129 Å². The highest BCUT2D eigenvalue weighted by Gasteiger charge is 2.07. The second kappa shape index (κ2) is 5.70. The van der Waals surface area contributed by atoms with Crippen LogP contribution in [0, 0.1) is 20.8 Å². The smallest absolute Gasteiger partial charge is 0.187 e. The van der Waals surface area contributed by atoms with E-state index >= 15 is 0 Å². The summed E-state index contributed by atoms with van der Waals surface area (Å²) in [4.78, 5) is 4.70. The van der Waals surface area contributed by atoms with E-state index in [-0.39, 0.29) is 0 Å². The normalized spacial score (nSPS) is 10.6. The third-order valence-electron chi connectivity index (χ3n) is 3.46. The van der Waals surface area contributed by atoms with Gasteiger partial charge in [0.05, 0.1) is 5.69 Å². The van der Waals surface area contributed by atoms with Gasteiger partial charge in [-0.3, -0.25) is 0 Å². The van der Waals surface area contributed by atoms with Crippen LogP contribution in [0.4, 0.5) is 10.8 Å². The van der Waals surface area contributed by atoms with Crippen molar-refractivity contribution in [1.29, 1.82) is 0 Å². The molecule has 0 bridgehead atoms. The zero-order chi connectivity index (χ0) is 14.8. The van der Waals surface area contributed by atoms with Crippen LogP contribution in [0.3, 0.4) is 0 Å². The van der Waals surface area contributed by atoms with Gasteiger partial charge in [-0.25, -0.2) is 4.98 Å². The van der Waals surface area contributed by atoms with Gasteiger partial charge in [-0.15, -0.1) is 11.3 Å². The van der Waals surface area contributed by atoms with Gasteiger partial charge in [-0.2, -0.15) is 0 Å². The fraction of sp³-hybridized carbons (Fsp3) is 0.167. The van der Waals surface area contributed by atoms with Crippen LogP contribution in [-0.2, 0) is 0 Å². The Kier molecular flexibility index (Phi) is 3.76. The predicted molar refractivity (Wildman–Crippen MR) is 91.5 cm³/mol. The molecular weight excluding hydrogens is 276 g/mol. The quantitative estimate of drug-likeness (QED) is 0.692. The van der Waals surface area contributed by atoms with Gasteiger partial charge in [0.2, 0.25) is 0 Å². The molecule has 0 saturated heterocycles. The number of benzene rings is 2. The zero-order valence-electron chi connectivity index (χ0n) is 12.5. The first-order chi connectivity index (χ1) is 10.1. The minimum Gasteiger partial charge on any atom is -0.332 e. The average Bonchev–Trinajstić information content (AvgIpc) is 2.90. The molecule has 0 aliphatic heterocycles. The number of nitrogens with zero attached hydrogens (tertiary/aromatic N) is 1. The highest BCUT2D eigenvalue weighted by Crippen LogP contribution is 2.29. The fourth-order valence-corrected chi connectivity index (χ4v) is 3.05. The number of aryl methyl sites for hydroxylation is 3. The maximum Gasteiger partial charge on any atom is 0.187 e. The molecule has 3 rings (SSSR count). The first kappa shape index (κ1) is 13.8. The molecule has 0 aliphatic rings. The predicted octanol–water partition coefficient (Wildman–Crippen LogP) is 5.48. The lowest BCUT2D eigenvalue weighted by atomic mass is 10.0. The van der Waals surface area contributed by atoms with Crippen molar-refractivity contribution in [3.8, 4) is 11.3 Å². The van der Waals surface area contributed by atoms with E-state index in [1.165, 1.54) is 22.3 Å². The molecule has 1 N–H and O–H groups in total. The molecule has 1 aromatic heterocycles. The van der Waals surface area contributed by atoms with Crippen molar-refractivity contribution in [2.75, 3.05) is 5.32 Å². The molecule has 21 heavy (non-hydrogen) atoms. The maximum absolute atomic E-state index is 4.70. The van der Waals surface area contributed by atoms with Gasteiger partial charge in [0.1, 0.15) is 0 Å². The highest BCUT2D eigenvalue weighted by atomic mass is 32.1. The molecular formula is C18H18N2S. The minimum atomic E-state index is 0.925. The van der Waals surface area contributed by atoms with Gasteiger partial charge in [0, 0.05) is 16.6 Å². The standard InChI is InChI=1S/C18H18N2S/c1-12-4-7-15(8-5-12)19-18-20-17(11-21-18)16-9-6-13(2)10-14(16)3/h4-11H,1-3H3,(H,19,20). The summed E-state index contributed by atoms with van der Waals surface area (Å²) in [7, 11) is 0. The van der Waals surface area contributed by atoms with Crippen molar-refractivity contribution >= 4 is 22.2 Å². The molecule has 2 nitrogen and oxygen atoms in total. The van der Waals surface area contributed by atoms with E-state index in [2.05, 4.69) is 73.9 Å². The second-order valence-corrected chi connectivity index (χ2v) is 6.21. The average molecular weight is 294 g/mol. The monoisotopic (exact) mass is 294 g/mol. The molecule has 1 heterocycles. The van der Waals surface area contributed by atoms with Crippen molar-refractivity contribution < 1.29 is 0 Å². The lowest BCUT2D eigenvalue weighted by Crippen LogP contribution is -1.90. The number of nitrogens with one attached hydrogen (secondary N) is 1. The molecule has 3 aromatic rings. The Morgan fingerprint density at radius 2 is 1.62 bits per heavy atom. The molecule has 0 radical (unpaired) electrons. The summed E-state index contributed by atoms with van der Waals surface area (Å²) in [5.41, 5.74) is 7.12. The van der Waals surface area contributed by atoms with Crippen LogP contribution in [0.2, 0.25) is 0 Å². The van der Waals surface area contributed by atoms with E-state index in [1.54, 1.807) is 11.3 Å². The number of anilines is 2. The summed E-state index contributed by atoms with van der Waals surface area (Å²) in [5, 5.41) is 6.39. The Morgan fingerprint density at radius 1 is 0.905 bits per heavy atom. The van der Waals surface area contributed by atoms with Crippen LogP contribution in [0.1, 0.15) is 16.7 Å². The number of rotatable bonds is 3. The largest absolute Gasteiger partial charge is 0.332 e. The SMILES string of the molecule is Cc1ccc(Nc2nc(-c3ccc(C)cc3C)cs2)cc1. The molecule has 0 fully saturated rings. The molecule has 0 spiro atoms. The molecule has 3 heteroatoms. The lowest BCUT2D eigenvalue weighted by molar-refractivity contribution is 1.33. The second-order valence-electron chi connectivity index (χ2n) is 5.35. The highest BCUT2D eigenvalue weighted by molar-refractivity contribution is 7.14. The molecule has 0 amide bonds. The summed E-state index contributed by atoms with van der Waals surface area (Å²) in [6.45, 7) is 6.34. The third-order valence-corrected chi connectivity index (χ3v) is 4.22. The van der Waals surface area contributed by atoms with Crippen LogP contribution >= 0.6 is 11.3 Å². The summed E-state index contributed by atoms with van der Waals surface area (Å²) in [5.74, 6) is 0. The Bertz CT molecular complexity index is 757. The fourth-order valence-electron chi connectivity index (χ4n) is 2.32. The van der Waals surface area contributed by atoms with Crippen LogP contribution in [0.25, 0.3) is 11.3 Å². The van der Waals surface area contributed by atoms with Gasteiger partial charge < -0.3 is 5.32 Å². The minimum absolute atomic E-state index is 0.925. The van der Waals surface area contributed by atoms with E-state index in [0.717, 1.165) is 16.5 Å². The maximum atomic E-state index is 4.70. The van der Waals surface area contributed by atoms with Crippen LogP contribution in [0.15, 0.2) is 47.8 Å². The number of aromatic nitrogens is 1.